The molecule has 2 aromatic rings. The van der Waals surface area contributed by atoms with Crippen LogP contribution in [0.4, 0.5) is 0 Å². The maximum absolute atomic E-state index is 12.5. The van der Waals surface area contributed by atoms with Gasteiger partial charge in [-0.3, -0.25) is 14.5 Å². The van der Waals surface area contributed by atoms with Crippen LogP contribution in [-0.2, 0) is 13.1 Å². The first kappa shape index (κ1) is 15.2. The van der Waals surface area contributed by atoms with Crippen LogP contribution in [0.25, 0.3) is 0 Å². The number of carbonyl (C=O) groups excluding carboxylic acids is 1. The second-order valence-electron chi connectivity index (χ2n) is 5.03. The van der Waals surface area contributed by atoms with Crippen LogP contribution in [0.1, 0.15) is 28.0 Å². The number of carbonyl (C=O) groups is 1. The van der Waals surface area contributed by atoms with E-state index in [1.165, 1.54) is 0 Å². The lowest BCUT2D eigenvalue weighted by Crippen LogP contribution is -2.26. The molecule has 2 aromatic heterocycles. The van der Waals surface area contributed by atoms with E-state index in [0.717, 1.165) is 24.2 Å². The lowest BCUT2D eigenvalue weighted by atomic mass is 10.2. The van der Waals surface area contributed by atoms with Crippen LogP contribution in [0.5, 0.6) is 0 Å². The number of aromatic nitrogens is 3. The molecule has 2 heterocycles. The molecule has 2 N–H and O–H groups in total. The smallest absolute Gasteiger partial charge is 0.257 e. The summed E-state index contributed by atoms with van der Waals surface area (Å²) in [7, 11) is 1.79. The van der Waals surface area contributed by atoms with Gasteiger partial charge in [0, 0.05) is 38.2 Å². The molecule has 0 spiro atoms. The Balaban J connectivity index is 2.07. The number of amides is 1. The summed E-state index contributed by atoms with van der Waals surface area (Å²) in [5.41, 5.74) is 8.08. The maximum Gasteiger partial charge on any atom is 0.257 e. The zero-order valence-electron chi connectivity index (χ0n) is 12.5. The Labute approximate surface area is 124 Å². The van der Waals surface area contributed by atoms with Crippen LogP contribution >= 0.6 is 0 Å². The van der Waals surface area contributed by atoms with Crippen molar-refractivity contribution >= 4 is 5.91 Å². The fourth-order valence-electron chi connectivity index (χ4n) is 2.16. The van der Waals surface area contributed by atoms with Crippen LogP contribution in [0, 0.1) is 6.92 Å². The summed E-state index contributed by atoms with van der Waals surface area (Å²) in [6.45, 7) is 3.82. The van der Waals surface area contributed by atoms with Crippen LogP contribution in [-0.4, -0.2) is 39.2 Å². The highest BCUT2D eigenvalue weighted by Crippen LogP contribution is 2.12. The van der Waals surface area contributed by atoms with Crippen LogP contribution < -0.4 is 5.73 Å². The quantitative estimate of drug-likeness (QED) is 0.866. The van der Waals surface area contributed by atoms with Crippen molar-refractivity contribution < 1.29 is 4.79 Å². The highest BCUT2D eigenvalue weighted by atomic mass is 16.2. The van der Waals surface area contributed by atoms with E-state index in [0.29, 0.717) is 18.7 Å². The largest absolute Gasteiger partial charge is 0.337 e. The van der Waals surface area contributed by atoms with Crippen molar-refractivity contribution in [2.24, 2.45) is 5.73 Å². The van der Waals surface area contributed by atoms with Crippen LogP contribution in [0.3, 0.4) is 0 Å². The summed E-state index contributed by atoms with van der Waals surface area (Å²) in [6.07, 6.45) is 5.94. The van der Waals surface area contributed by atoms with E-state index in [1.807, 2.05) is 23.7 Å². The summed E-state index contributed by atoms with van der Waals surface area (Å²) >= 11 is 0. The van der Waals surface area contributed by atoms with Gasteiger partial charge in [0.15, 0.2) is 0 Å². The number of hydrogen-bond donors (Lipinski definition) is 1. The normalized spacial score (nSPS) is 10.6. The highest BCUT2D eigenvalue weighted by molar-refractivity contribution is 5.94. The molecule has 0 fully saturated rings. The van der Waals surface area contributed by atoms with Gasteiger partial charge in [-0.25, -0.2) is 0 Å². The lowest BCUT2D eigenvalue weighted by molar-refractivity contribution is 0.0784. The topological polar surface area (TPSA) is 77.0 Å². The molecule has 6 nitrogen and oxygen atoms in total. The maximum atomic E-state index is 12.5. The van der Waals surface area contributed by atoms with E-state index in [-0.39, 0.29) is 5.91 Å². The molecule has 2 rings (SSSR count). The average molecular weight is 287 g/mol. The third-order valence-corrected chi connectivity index (χ3v) is 3.42. The molecule has 0 aromatic carbocycles. The summed E-state index contributed by atoms with van der Waals surface area (Å²) in [4.78, 5) is 18.2. The van der Waals surface area contributed by atoms with Gasteiger partial charge in [0.05, 0.1) is 11.8 Å². The molecule has 112 valence electrons. The second-order valence-corrected chi connectivity index (χ2v) is 5.03. The molecule has 0 saturated heterocycles. The number of aryl methyl sites for hydroxylation is 1. The van der Waals surface area contributed by atoms with Crippen molar-refractivity contribution in [3.8, 4) is 0 Å². The molecule has 0 unspecified atom stereocenters. The Kier molecular flexibility index (Phi) is 5.05. The van der Waals surface area contributed by atoms with Gasteiger partial charge in [0.1, 0.15) is 0 Å². The molecular formula is C15H21N5O. The fraction of sp³-hybridized carbons (Fsp3) is 0.400. The predicted octanol–water partition coefficient (Wildman–Crippen LogP) is 1.21. The van der Waals surface area contributed by atoms with Gasteiger partial charge in [-0.2, -0.15) is 5.10 Å². The minimum absolute atomic E-state index is 0.0247. The fourth-order valence-corrected chi connectivity index (χ4v) is 2.16. The summed E-state index contributed by atoms with van der Waals surface area (Å²) in [6, 6.07) is 3.81. The van der Waals surface area contributed by atoms with E-state index < -0.39 is 0 Å². The molecule has 0 aliphatic rings. The number of nitrogens with two attached hydrogens (primary N) is 1. The van der Waals surface area contributed by atoms with Gasteiger partial charge in [0.25, 0.3) is 5.91 Å². The molecule has 21 heavy (non-hydrogen) atoms. The van der Waals surface area contributed by atoms with Crippen molar-refractivity contribution in [1.82, 2.24) is 19.7 Å². The number of rotatable bonds is 6. The summed E-state index contributed by atoms with van der Waals surface area (Å²) in [5, 5.41) is 4.27. The molecule has 0 aliphatic heterocycles. The van der Waals surface area contributed by atoms with Crippen molar-refractivity contribution in [1.29, 1.82) is 0 Å². The molecule has 6 heteroatoms. The van der Waals surface area contributed by atoms with Gasteiger partial charge < -0.3 is 10.6 Å². The second kappa shape index (κ2) is 6.99. The zero-order chi connectivity index (χ0) is 15.2. The van der Waals surface area contributed by atoms with Crippen molar-refractivity contribution in [2.45, 2.75) is 26.4 Å². The molecule has 0 aliphatic carbocycles. The van der Waals surface area contributed by atoms with Gasteiger partial charge >= 0.3 is 0 Å². The number of pyridine rings is 1. The molecule has 0 saturated carbocycles. The Morgan fingerprint density at radius 3 is 2.76 bits per heavy atom. The predicted molar refractivity (Wildman–Crippen MR) is 80.7 cm³/mol. The SMILES string of the molecule is Cc1c(C(=O)N(C)Cc2ccncc2)cnn1CCCN. The first-order valence-electron chi connectivity index (χ1n) is 7.00. The molecule has 0 radical (unpaired) electrons. The highest BCUT2D eigenvalue weighted by Gasteiger charge is 2.18. The van der Waals surface area contributed by atoms with Crippen molar-refractivity contribution in [3.05, 3.63) is 47.5 Å². The average Bonchev–Trinajstić information content (AvgIpc) is 2.86. The first-order chi connectivity index (χ1) is 10.1. The summed E-state index contributed by atoms with van der Waals surface area (Å²) in [5.74, 6) is -0.0247. The van der Waals surface area contributed by atoms with E-state index in [2.05, 4.69) is 10.1 Å². The van der Waals surface area contributed by atoms with Crippen molar-refractivity contribution in [3.63, 3.8) is 0 Å². The molecule has 0 atom stereocenters. The number of hydrogen-bond acceptors (Lipinski definition) is 4. The monoisotopic (exact) mass is 287 g/mol. The van der Waals surface area contributed by atoms with Gasteiger partial charge in [0.2, 0.25) is 0 Å². The van der Waals surface area contributed by atoms with Gasteiger partial charge in [-0.1, -0.05) is 0 Å². The first-order valence-corrected chi connectivity index (χ1v) is 7.00. The van der Waals surface area contributed by atoms with E-state index in [4.69, 9.17) is 5.73 Å². The lowest BCUT2D eigenvalue weighted by Gasteiger charge is -2.17. The minimum Gasteiger partial charge on any atom is -0.337 e. The Morgan fingerprint density at radius 1 is 1.38 bits per heavy atom. The minimum atomic E-state index is -0.0247. The standard InChI is InChI=1S/C15H21N5O/c1-12-14(10-18-20(12)9-3-6-16)15(21)19(2)11-13-4-7-17-8-5-13/h4-5,7-8,10H,3,6,9,11,16H2,1-2H3. The van der Waals surface area contributed by atoms with Gasteiger partial charge in [-0.15, -0.1) is 0 Å². The van der Waals surface area contributed by atoms with Gasteiger partial charge in [-0.05, 0) is 37.6 Å². The Hall–Kier alpha value is -2.21. The summed E-state index contributed by atoms with van der Waals surface area (Å²) < 4.78 is 1.83. The van der Waals surface area contributed by atoms with E-state index in [1.54, 1.807) is 30.5 Å². The third-order valence-electron chi connectivity index (χ3n) is 3.42. The van der Waals surface area contributed by atoms with Crippen molar-refractivity contribution in [2.75, 3.05) is 13.6 Å². The zero-order valence-corrected chi connectivity index (χ0v) is 12.5. The van der Waals surface area contributed by atoms with Crippen LogP contribution in [0.2, 0.25) is 0 Å². The Bertz CT molecular complexity index is 593. The van der Waals surface area contributed by atoms with Crippen LogP contribution in [0.15, 0.2) is 30.7 Å². The third kappa shape index (κ3) is 3.66. The van der Waals surface area contributed by atoms with E-state index in [9.17, 15) is 4.79 Å². The molecule has 1 amide bonds. The number of nitrogens with zero attached hydrogens (tertiary/aromatic N) is 4. The van der Waals surface area contributed by atoms with E-state index >= 15 is 0 Å². The molecule has 0 bridgehead atoms. The Morgan fingerprint density at radius 2 is 2.10 bits per heavy atom. The molecular weight excluding hydrogens is 266 g/mol.